The predicted molar refractivity (Wildman–Crippen MR) is 57.5 cm³/mol. The van der Waals surface area contributed by atoms with Crippen molar-refractivity contribution in [3.63, 3.8) is 0 Å². The molecule has 1 nitrogen and oxygen atoms in total. The molecule has 1 atom stereocenters. The van der Waals surface area contributed by atoms with Crippen LogP contribution in [-0.2, 0) is 6.42 Å². The van der Waals surface area contributed by atoms with Crippen LogP contribution in [0.15, 0.2) is 36.9 Å². The molecule has 0 bridgehead atoms. The largest absolute Gasteiger partial charge is 0.327 e. The fourth-order valence-corrected chi connectivity index (χ4v) is 1.38. The van der Waals surface area contributed by atoms with Crippen molar-refractivity contribution in [1.82, 2.24) is 0 Å². The van der Waals surface area contributed by atoms with Crippen molar-refractivity contribution in [2.24, 2.45) is 5.73 Å². The average molecular weight is 193 g/mol. The summed E-state index contributed by atoms with van der Waals surface area (Å²) in [5, 5.41) is 0. The van der Waals surface area contributed by atoms with Crippen LogP contribution >= 0.6 is 0 Å². The first-order valence-corrected chi connectivity index (χ1v) is 4.84. The molecule has 0 spiro atoms. The Balaban J connectivity index is 2.51. The smallest absolute Gasteiger partial charge is 0.126 e. The van der Waals surface area contributed by atoms with Crippen LogP contribution in [0.1, 0.15) is 18.4 Å². The molecule has 1 unspecified atom stereocenters. The molecule has 76 valence electrons. The summed E-state index contributed by atoms with van der Waals surface area (Å²) in [4.78, 5) is 0. The third kappa shape index (κ3) is 3.30. The maximum Gasteiger partial charge on any atom is 0.126 e. The lowest BCUT2D eigenvalue weighted by Gasteiger charge is -2.10. The minimum absolute atomic E-state index is 0.0184. The van der Waals surface area contributed by atoms with Crippen molar-refractivity contribution in [3.8, 4) is 0 Å². The number of rotatable bonds is 5. The normalized spacial score (nSPS) is 12.4. The molecule has 0 amide bonds. The lowest BCUT2D eigenvalue weighted by molar-refractivity contribution is 0.569. The van der Waals surface area contributed by atoms with Crippen molar-refractivity contribution in [1.29, 1.82) is 0 Å². The number of hydrogen-bond donors (Lipinski definition) is 1. The first-order valence-electron chi connectivity index (χ1n) is 4.84. The van der Waals surface area contributed by atoms with E-state index in [2.05, 4.69) is 6.58 Å². The van der Waals surface area contributed by atoms with Gasteiger partial charge in [0.25, 0.3) is 0 Å². The van der Waals surface area contributed by atoms with Gasteiger partial charge in [0.2, 0.25) is 0 Å². The highest BCUT2D eigenvalue weighted by molar-refractivity contribution is 5.18. The molecule has 0 heterocycles. The van der Waals surface area contributed by atoms with E-state index in [1.54, 1.807) is 12.1 Å². The first kappa shape index (κ1) is 10.9. The number of halogens is 1. The van der Waals surface area contributed by atoms with Crippen LogP contribution in [0.3, 0.4) is 0 Å². The summed E-state index contributed by atoms with van der Waals surface area (Å²) in [6, 6.07) is 6.79. The van der Waals surface area contributed by atoms with Gasteiger partial charge in [-0.15, -0.1) is 6.58 Å². The van der Waals surface area contributed by atoms with Crippen molar-refractivity contribution >= 4 is 0 Å². The Hall–Kier alpha value is -1.15. The molecule has 14 heavy (non-hydrogen) atoms. The van der Waals surface area contributed by atoms with Crippen LogP contribution in [0, 0.1) is 5.82 Å². The SMILES string of the molecule is C=CCCC(N)Cc1ccccc1F. The van der Waals surface area contributed by atoms with Gasteiger partial charge in [-0.25, -0.2) is 4.39 Å². The van der Waals surface area contributed by atoms with Crippen molar-refractivity contribution in [2.45, 2.75) is 25.3 Å². The van der Waals surface area contributed by atoms with Gasteiger partial charge in [-0.1, -0.05) is 24.3 Å². The van der Waals surface area contributed by atoms with E-state index in [0.29, 0.717) is 12.0 Å². The Morgan fingerprint density at radius 1 is 1.43 bits per heavy atom. The van der Waals surface area contributed by atoms with Gasteiger partial charge in [0, 0.05) is 6.04 Å². The van der Waals surface area contributed by atoms with E-state index < -0.39 is 0 Å². The fraction of sp³-hybridized carbons (Fsp3) is 0.333. The molecule has 2 heteroatoms. The van der Waals surface area contributed by atoms with E-state index >= 15 is 0 Å². The summed E-state index contributed by atoms with van der Waals surface area (Å²) < 4.78 is 13.2. The Labute approximate surface area is 84.4 Å². The molecule has 1 aromatic rings. The lowest BCUT2D eigenvalue weighted by Crippen LogP contribution is -2.22. The molecule has 0 radical (unpaired) electrons. The van der Waals surface area contributed by atoms with E-state index in [1.807, 2.05) is 12.1 Å². The summed E-state index contributed by atoms with van der Waals surface area (Å²) in [5.74, 6) is -0.165. The van der Waals surface area contributed by atoms with Gasteiger partial charge in [0.15, 0.2) is 0 Å². The molecule has 0 aliphatic rings. The Kier molecular flexibility index (Phi) is 4.33. The van der Waals surface area contributed by atoms with Gasteiger partial charge in [-0.2, -0.15) is 0 Å². The van der Waals surface area contributed by atoms with Crippen LogP contribution in [0.25, 0.3) is 0 Å². The molecule has 0 aliphatic heterocycles. The molecule has 2 N–H and O–H groups in total. The summed E-state index contributed by atoms with van der Waals surface area (Å²) in [5.41, 5.74) is 6.54. The van der Waals surface area contributed by atoms with Crippen molar-refractivity contribution < 1.29 is 4.39 Å². The third-order valence-electron chi connectivity index (χ3n) is 2.18. The molecular weight excluding hydrogens is 177 g/mol. The third-order valence-corrected chi connectivity index (χ3v) is 2.18. The van der Waals surface area contributed by atoms with Crippen LogP contribution in [0.5, 0.6) is 0 Å². The first-order chi connectivity index (χ1) is 6.74. The molecular formula is C12H16FN. The second kappa shape index (κ2) is 5.55. The van der Waals surface area contributed by atoms with Crippen LogP contribution in [0.4, 0.5) is 4.39 Å². The van der Waals surface area contributed by atoms with E-state index in [4.69, 9.17) is 5.73 Å². The maximum atomic E-state index is 13.2. The minimum Gasteiger partial charge on any atom is -0.327 e. The fourth-order valence-electron chi connectivity index (χ4n) is 1.38. The summed E-state index contributed by atoms with van der Waals surface area (Å²) >= 11 is 0. The topological polar surface area (TPSA) is 26.0 Å². The van der Waals surface area contributed by atoms with Gasteiger partial charge in [-0.3, -0.25) is 0 Å². The molecule has 1 aromatic carbocycles. The monoisotopic (exact) mass is 193 g/mol. The van der Waals surface area contributed by atoms with Crippen LogP contribution < -0.4 is 5.73 Å². The van der Waals surface area contributed by atoms with Gasteiger partial charge in [0.05, 0.1) is 0 Å². The highest BCUT2D eigenvalue weighted by Crippen LogP contribution is 2.10. The van der Waals surface area contributed by atoms with Gasteiger partial charge in [-0.05, 0) is 30.9 Å². The zero-order valence-electron chi connectivity index (χ0n) is 8.25. The van der Waals surface area contributed by atoms with Gasteiger partial charge < -0.3 is 5.73 Å². The van der Waals surface area contributed by atoms with Gasteiger partial charge in [0.1, 0.15) is 5.82 Å². The second-order valence-electron chi connectivity index (χ2n) is 3.42. The summed E-state index contributed by atoms with van der Waals surface area (Å²) in [6.45, 7) is 3.63. The molecule has 1 rings (SSSR count). The van der Waals surface area contributed by atoms with Crippen LogP contribution in [0.2, 0.25) is 0 Å². The Morgan fingerprint density at radius 3 is 2.79 bits per heavy atom. The minimum atomic E-state index is -0.165. The van der Waals surface area contributed by atoms with E-state index in [-0.39, 0.29) is 11.9 Å². The van der Waals surface area contributed by atoms with E-state index in [0.717, 1.165) is 12.8 Å². The highest BCUT2D eigenvalue weighted by atomic mass is 19.1. The molecule has 0 aliphatic carbocycles. The number of hydrogen-bond acceptors (Lipinski definition) is 1. The van der Waals surface area contributed by atoms with Crippen LogP contribution in [-0.4, -0.2) is 6.04 Å². The molecule has 0 saturated heterocycles. The van der Waals surface area contributed by atoms with Gasteiger partial charge >= 0.3 is 0 Å². The van der Waals surface area contributed by atoms with E-state index in [1.165, 1.54) is 6.07 Å². The number of benzene rings is 1. The predicted octanol–water partition coefficient (Wildman–Crippen LogP) is 2.66. The highest BCUT2D eigenvalue weighted by Gasteiger charge is 2.06. The lowest BCUT2D eigenvalue weighted by atomic mass is 10.0. The molecule has 0 aromatic heterocycles. The maximum absolute atomic E-state index is 13.2. The zero-order valence-corrected chi connectivity index (χ0v) is 8.25. The van der Waals surface area contributed by atoms with E-state index in [9.17, 15) is 4.39 Å². The second-order valence-corrected chi connectivity index (χ2v) is 3.42. The molecule has 0 saturated carbocycles. The summed E-state index contributed by atoms with van der Waals surface area (Å²) in [7, 11) is 0. The standard InChI is InChI=1S/C12H16FN/c1-2-3-7-11(14)9-10-6-4-5-8-12(10)13/h2,4-6,8,11H,1,3,7,9,14H2. The van der Waals surface area contributed by atoms with Crippen molar-refractivity contribution in [3.05, 3.63) is 48.3 Å². The number of allylic oxidation sites excluding steroid dienone is 1. The summed E-state index contributed by atoms with van der Waals surface area (Å²) in [6.07, 6.45) is 4.18. The molecule has 0 fully saturated rings. The number of nitrogens with two attached hydrogens (primary N) is 1. The average Bonchev–Trinajstić information content (AvgIpc) is 2.18. The zero-order chi connectivity index (χ0) is 10.4. The quantitative estimate of drug-likeness (QED) is 0.715. The van der Waals surface area contributed by atoms with Crippen molar-refractivity contribution in [2.75, 3.05) is 0 Å². The Morgan fingerprint density at radius 2 is 2.14 bits per heavy atom. The Bertz CT molecular complexity index is 296.